The average molecular weight is 234 g/mol. The number of carbonyl (C=O) groups is 1. The van der Waals surface area contributed by atoms with Crippen molar-refractivity contribution in [2.75, 3.05) is 11.9 Å². The first-order valence-electron chi connectivity index (χ1n) is 4.95. The Labute approximate surface area is 96.5 Å². The minimum absolute atomic E-state index is 0.000567. The van der Waals surface area contributed by atoms with Crippen molar-refractivity contribution in [1.29, 1.82) is 0 Å². The fourth-order valence-corrected chi connectivity index (χ4v) is 1.33. The van der Waals surface area contributed by atoms with E-state index in [1.54, 1.807) is 12.1 Å². The largest absolute Gasteiger partial charge is 0.476 e. The Morgan fingerprint density at radius 2 is 2.35 bits per heavy atom. The molecule has 0 saturated carbocycles. The normalized spacial score (nSPS) is 10.1. The molecule has 0 fully saturated rings. The zero-order valence-corrected chi connectivity index (χ0v) is 8.83. The summed E-state index contributed by atoms with van der Waals surface area (Å²) >= 11 is 0. The van der Waals surface area contributed by atoms with E-state index >= 15 is 0 Å². The van der Waals surface area contributed by atoms with Crippen LogP contribution in [0.15, 0.2) is 29.2 Å². The van der Waals surface area contributed by atoms with Crippen molar-refractivity contribution < 1.29 is 14.4 Å². The van der Waals surface area contributed by atoms with Gasteiger partial charge in [0.15, 0.2) is 11.5 Å². The molecule has 7 heteroatoms. The Kier molecular flexibility index (Phi) is 3.29. The number of rotatable bonds is 5. The molecule has 0 unspecified atom stereocenters. The van der Waals surface area contributed by atoms with Crippen LogP contribution in [-0.2, 0) is 6.42 Å². The molecular weight excluding hydrogens is 224 g/mol. The molecule has 0 bridgehead atoms. The number of aromatic nitrogens is 3. The Balaban J connectivity index is 1.97. The van der Waals surface area contributed by atoms with E-state index in [9.17, 15) is 4.79 Å². The number of aromatic carboxylic acids is 1. The Morgan fingerprint density at radius 3 is 3.06 bits per heavy atom. The third-order valence-electron chi connectivity index (χ3n) is 2.08. The molecule has 0 atom stereocenters. The molecule has 0 aromatic carbocycles. The van der Waals surface area contributed by atoms with Crippen LogP contribution in [0.5, 0.6) is 0 Å². The quantitative estimate of drug-likeness (QED) is 0.789. The summed E-state index contributed by atoms with van der Waals surface area (Å²) in [5.74, 6) is -0.495. The van der Waals surface area contributed by atoms with Gasteiger partial charge in [0.1, 0.15) is 0 Å². The molecule has 0 saturated heterocycles. The minimum atomic E-state index is -1.06. The molecule has 2 rings (SSSR count). The number of nitrogens with zero attached hydrogens (tertiary/aromatic N) is 3. The summed E-state index contributed by atoms with van der Waals surface area (Å²) < 4.78 is 4.58. The van der Waals surface area contributed by atoms with Gasteiger partial charge in [-0.1, -0.05) is 5.16 Å². The highest BCUT2D eigenvalue weighted by Gasteiger charge is 2.10. The van der Waals surface area contributed by atoms with Gasteiger partial charge in [-0.2, -0.15) is 4.98 Å². The number of pyridine rings is 1. The monoisotopic (exact) mass is 234 g/mol. The maximum absolute atomic E-state index is 10.9. The van der Waals surface area contributed by atoms with Crippen molar-refractivity contribution >= 4 is 11.7 Å². The van der Waals surface area contributed by atoms with Gasteiger partial charge in [-0.05, 0) is 12.1 Å². The molecule has 88 valence electrons. The molecule has 0 aliphatic rings. The van der Waals surface area contributed by atoms with Crippen LogP contribution >= 0.6 is 0 Å². The third-order valence-corrected chi connectivity index (χ3v) is 2.08. The van der Waals surface area contributed by atoms with E-state index in [1.165, 1.54) is 12.6 Å². The number of hydrogen-bond donors (Lipinski definition) is 2. The first-order chi connectivity index (χ1) is 8.27. The van der Waals surface area contributed by atoms with Crippen LogP contribution in [0.3, 0.4) is 0 Å². The number of carboxylic acids is 1. The summed E-state index contributed by atoms with van der Waals surface area (Å²) in [5.41, 5.74) is 0.476. The molecule has 0 radical (unpaired) electrons. The smallest absolute Gasteiger partial charge is 0.356 e. The molecule has 0 spiro atoms. The van der Waals surface area contributed by atoms with E-state index in [2.05, 4.69) is 25.0 Å². The van der Waals surface area contributed by atoms with Crippen LogP contribution in [0.25, 0.3) is 0 Å². The molecule has 2 heterocycles. The maximum Gasteiger partial charge on any atom is 0.356 e. The molecule has 2 aromatic heterocycles. The average Bonchev–Trinajstić information content (AvgIpc) is 2.82. The molecule has 7 nitrogen and oxygen atoms in total. The summed E-state index contributed by atoms with van der Waals surface area (Å²) in [6, 6.07) is 3.33. The van der Waals surface area contributed by atoms with Crippen molar-refractivity contribution in [1.82, 2.24) is 15.1 Å². The summed E-state index contributed by atoms with van der Waals surface area (Å²) in [4.78, 5) is 18.5. The van der Waals surface area contributed by atoms with Gasteiger partial charge in [-0.15, -0.1) is 0 Å². The molecule has 0 amide bonds. The van der Waals surface area contributed by atoms with Crippen LogP contribution in [0.2, 0.25) is 0 Å². The van der Waals surface area contributed by atoms with Crippen molar-refractivity contribution in [2.24, 2.45) is 0 Å². The topological polar surface area (TPSA) is 101 Å². The fraction of sp³-hybridized carbons (Fsp3) is 0.200. The van der Waals surface area contributed by atoms with Gasteiger partial charge in [0.25, 0.3) is 0 Å². The third kappa shape index (κ3) is 2.77. The molecular formula is C10H10N4O3. The molecule has 2 aromatic rings. The first kappa shape index (κ1) is 11.1. The summed E-state index contributed by atoms with van der Waals surface area (Å²) in [6.45, 7) is 0.505. The van der Waals surface area contributed by atoms with Gasteiger partial charge < -0.3 is 14.9 Å². The van der Waals surface area contributed by atoms with E-state index < -0.39 is 5.97 Å². The standard InChI is InChI=1S/C10H10N4O3/c15-10(16)9-7(2-1-4-12-9)11-5-3-8-13-6-17-14-8/h1-2,4,6,11H,3,5H2,(H,15,16). The highest BCUT2D eigenvalue weighted by atomic mass is 16.5. The van der Waals surface area contributed by atoms with Crippen LogP contribution < -0.4 is 5.32 Å². The van der Waals surface area contributed by atoms with Gasteiger partial charge in [0.05, 0.1) is 5.69 Å². The fourth-order valence-electron chi connectivity index (χ4n) is 1.33. The molecule has 0 aliphatic carbocycles. The predicted octanol–water partition coefficient (Wildman–Crippen LogP) is 0.817. The maximum atomic E-state index is 10.9. The lowest BCUT2D eigenvalue weighted by Crippen LogP contribution is -2.11. The van der Waals surface area contributed by atoms with Gasteiger partial charge in [0, 0.05) is 19.2 Å². The summed E-state index contributed by atoms with van der Waals surface area (Å²) in [6.07, 6.45) is 3.24. The Morgan fingerprint density at radius 1 is 1.47 bits per heavy atom. The van der Waals surface area contributed by atoms with Crippen molar-refractivity contribution in [2.45, 2.75) is 6.42 Å². The lowest BCUT2D eigenvalue weighted by molar-refractivity contribution is 0.0691. The van der Waals surface area contributed by atoms with E-state index in [-0.39, 0.29) is 5.69 Å². The number of anilines is 1. The van der Waals surface area contributed by atoms with Gasteiger partial charge in [0.2, 0.25) is 6.39 Å². The Bertz CT molecular complexity index is 498. The van der Waals surface area contributed by atoms with E-state index in [4.69, 9.17) is 5.11 Å². The first-order valence-corrected chi connectivity index (χ1v) is 4.95. The van der Waals surface area contributed by atoms with E-state index in [1.807, 2.05) is 0 Å². The molecule has 2 N–H and O–H groups in total. The second-order valence-corrected chi connectivity index (χ2v) is 3.23. The summed E-state index contributed by atoms with van der Waals surface area (Å²) in [5, 5.41) is 15.5. The van der Waals surface area contributed by atoms with Crippen molar-refractivity contribution in [3.8, 4) is 0 Å². The van der Waals surface area contributed by atoms with Gasteiger partial charge >= 0.3 is 5.97 Å². The van der Waals surface area contributed by atoms with Crippen LogP contribution in [0.4, 0.5) is 5.69 Å². The minimum Gasteiger partial charge on any atom is -0.476 e. The highest BCUT2D eigenvalue weighted by Crippen LogP contribution is 2.11. The molecule has 17 heavy (non-hydrogen) atoms. The van der Waals surface area contributed by atoms with Crippen molar-refractivity contribution in [3.63, 3.8) is 0 Å². The highest BCUT2D eigenvalue weighted by molar-refractivity contribution is 5.91. The molecule has 0 aliphatic heterocycles. The predicted molar refractivity (Wildman–Crippen MR) is 57.7 cm³/mol. The van der Waals surface area contributed by atoms with Gasteiger partial charge in [-0.3, -0.25) is 0 Å². The van der Waals surface area contributed by atoms with Gasteiger partial charge in [-0.25, -0.2) is 9.78 Å². The zero-order chi connectivity index (χ0) is 12.1. The summed E-state index contributed by atoms with van der Waals surface area (Å²) in [7, 11) is 0. The number of hydrogen-bond acceptors (Lipinski definition) is 6. The van der Waals surface area contributed by atoms with Crippen LogP contribution in [0.1, 0.15) is 16.3 Å². The van der Waals surface area contributed by atoms with Crippen LogP contribution in [-0.4, -0.2) is 32.7 Å². The van der Waals surface area contributed by atoms with E-state index in [0.29, 0.717) is 24.5 Å². The SMILES string of the molecule is O=C(O)c1ncccc1NCCc1ncon1. The Hall–Kier alpha value is -2.44. The number of carboxylic acid groups (broad SMARTS) is 1. The second-order valence-electron chi connectivity index (χ2n) is 3.23. The number of nitrogens with one attached hydrogen (secondary N) is 1. The second kappa shape index (κ2) is 5.06. The van der Waals surface area contributed by atoms with Crippen LogP contribution in [0, 0.1) is 0 Å². The van der Waals surface area contributed by atoms with Crippen molar-refractivity contribution in [3.05, 3.63) is 36.2 Å². The van der Waals surface area contributed by atoms with E-state index in [0.717, 1.165) is 0 Å². The zero-order valence-electron chi connectivity index (χ0n) is 8.83. The lowest BCUT2D eigenvalue weighted by atomic mass is 10.3. The lowest BCUT2D eigenvalue weighted by Gasteiger charge is -2.06.